The van der Waals surface area contributed by atoms with Gasteiger partial charge in [-0.25, -0.2) is 9.97 Å². The third kappa shape index (κ3) is 1.20. The third-order valence-electron chi connectivity index (χ3n) is 2.70. The van der Waals surface area contributed by atoms with Gasteiger partial charge in [-0.05, 0) is 28.9 Å². The first-order valence-electron chi connectivity index (χ1n) is 4.75. The van der Waals surface area contributed by atoms with Gasteiger partial charge in [-0.15, -0.1) is 11.3 Å². The lowest BCUT2D eigenvalue weighted by Gasteiger charge is -1.99. The van der Waals surface area contributed by atoms with Gasteiger partial charge in [0, 0.05) is 7.05 Å². The quantitative estimate of drug-likeness (QED) is 0.694. The topological polar surface area (TPSA) is 56.7 Å². The average molecular weight is 297 g/mol. The number of nitrogen functional groups attached to an aromatic ring is 1. The molecule has 0 saturated carbocycles. The fourth-order valence-corrected chi connectivity index (χ4v) is 3.44. The van der Waals surface area contributed by atoms with Gasteiger partial charge in [0.05, 0.1) is 19.5 Å². The second kappa shape index (κ2) is 3.18. The van der Waals surface area contributed by atoms with E-state index in [9.17, 15) is 0 Å². The van der Waals surface area contributed by atoms with E-state index in [1.165, 1.54) is 0 Å². The van der Waals surface area contributed by atoms with E-state index in [1.807, 2.05) is 20.0 Å². The molecule has 3 heterocycles. The minimum absolute atomic E-state index is 0.497. The monoisotopic (exact) mass is 296 g/mol. The van der Waals surface area contributed by atoms with Crippen molar-refractivity contribution >= 4 is 54.3 Å². The van der Waals surface area contributed by atoms with E-state index >= 15 is 0 Å². The zero-order valence-electron chi connectivity index (χ0n) is 8.78. The van der Waals surface area contributed by atoms with Crippen molar-refractivity contribution in [1.82, 2.24) is 14.5 Å². The van der Waals surface area contributed by atoms with Crippen LogP contribution in [0.1, 0.15) is 5.82 Å². The molecule has 0 amide bonds. The first-order chi connectivity index (χ1) is 7.58. The van der Waals surface area contributed by atoms with Gasteiger partial charge in [0.2, 0.25) is 0 Å². The minimum atomic E-state index is 0.497. The van der Waals surface area contributed by atoms with Gasteiger partial charge in [-0.3, -0.25) is 0 Å². The summed E-state index contributed by atoms with van der Waals surface area (Å²) in [4.78, 5) is 8.80. The highest BCUT2D eigenvalue weighted by Gasteiger charge is 2.15. The van der Waals surface area contributed by atoms with E-state index in [-0.39, 0.29) is 0 Å². The number of aryl methyl sites for hydroxylation is 2. The van der Waals surface area contributed by atoms with Gasteiger partial charge in [-0.1, -0.05) is 0 Å². The number of hydrogen-bond donors (Lipinski definition) is 1. The van der Waals surface area contributed by atoms with Crippen molar-refractivity contribution in [2.24, 2.45) is 7.05 Å². The van der Waals surface area contributed by atoms with Crippen molar-refractivity contribution < 1.29 is 0 Å². The summed E-state index contributed by atoms with van der Waals surface area (Å²) in [5.74, 6) is 1.44. The van der Waals surface area contributed by atoms with Gasteiger partial charge in [0.15, 0.2) is 5.82 Å². The Morgan fingerprint density at radius 3 is 2.94 bits per heavy atom. The molecule has 0 aliphatic rings. The van der Waals surface area contributed by atoms with E-state index in [0.717, 1.165) is 30.9 Å². The lowest BCUT2D eigenvalue weighted by molar-refractivity contribution is 0.889. The van der Waals surface area contributed by atoms with Crippen LogP contribution in [0.2, 0.25) is 0 Å². The highest BCUT2D eigenvalue weighted by molar-refractivity contribution is 9.11. The lowest BCUT2D eigenvalue weighted by Crippen LogP contribution is -1.93. The van der Waals surface area contributed by atoms with Crippen LogP contribution in [0.5, 0.6) is 0 Å². The Hall–Kier alpha value is -1.14. The van der Waals surface area contributed by atoms with E-state index in [2.05, 4.69) is 30.5 Å². The van der Waals surface area contributed by atoms with Gasteiger partial charge in [-0.2, -0.15) is 0 Å². The first kappa shape index (κ1) is 10.0. The summed E-state index contributed by atoms with van der Waals surface area (Å²) < 4.78 is 4.23. The standard InChI is InChI=1S/C10H9BrN4S/c1-4-13-7-8(15(4)2)9-5(14-10(7)12)3-6(11)16-9/h3H,1-2H3,(H2,12,14). The van der Waals surface area contributed by atoms with E-state index in [1.54, 1.807) is 11.3 Å². The van der Waals surface area contributed by atoms with Gasteiger partial charge < -0.3 is 10.3 Å². The number of aromatic nitrogens is 3. The average Bonchev–Trinajstić information content (AvgIpc) is 2.70. The molecule has 0 aliphatic heterocycles. The number of fused-ring (bicyclic) bond motifs is 3. The van der Waals surface area contributed by atoms with Crippen LogP contribution in [-0.4, -0.2) is 14.5 Å². The molecule has 16 heavy (non-hydrogen) atoms. The Labute approximate surface area is 104 Å². The van der Waals surface area contributed by atoms with Crippen molar-refractivity contribution in [3.05, 3.63) is 15.7 Å². The Morgan fingerprint density at radius 1 is 1.44 bits per heavy atom. The molecule has 0 atom stereocenters. The van der Waals surface area contributed by atoms with E-state index < -0.39 is 0 Å². The number of hydrogen-bond acceptors (Lipinski definition) is 4. The summed E-state index contributed by atoms with van der Waals surface area (Å²) in [7, 11) is 2.00. The summed E-state index contributed by atoms with van der Waals surface area (Å²) in [6.07, 6.45) is 0. The van der Waals surface area contributed by atoms with Crippen LogP contribution >= 0.6 is 27.3 Å². The Bertz CT molecular complexity index is 713. The fourth-order valence-electron chi connectivity index (χ4n) is 1.84. The van der Waals surface area contributed by atoms with Gasteiger partial charge in [0.1, 0.15) is 11.3 Å². The number of imidazole rings is 1. The summed E-state index contributed by atoms with van der Waals surface area (Å²) in [6, 6.07) is 1.98. The van der Waals surface area contributed by atoms with E-state index in [0.29, 0.717) is 5.82 Å². The molecule has 82 valence electrons. The van der Waals surface area contributed by atoms with Crippen molar-refractivity contribution in [3.8, 4) is 0 Å². The number of anilines is 1. The molecule has 3 aromatic rings. The largest absolute Gasteiger partial charge is 0.382 e. The van der Waals surface area contributed by atoms with Crippen LogP contribution < -0.4 is 5.73 Å². The molecule has 3 aromatic heterocycles. The van der Waals surface area contributed by atoms with Crippen LogP contribution in [-0.2, 0) is 7.05 Å². The maximum absolute atomic E-state index is 5.92. The van der Waals surface area contributed by atoms with Gasteiger partial charge >= 0.3 is 0 Å². The minimum Gasteiger partial charge on any atom is -0.382 e. The molecule has 3 rings (SSSR count). The van der Waals surface area contributed by atoms with E-state index in [4.69, 9.17) is 5.73 Å². The second-order valence-electron chi connectivity index (χ2n) is 3.68. The molecule has 2 N–H and O–H groups in total. The molecule has 0 bridgehead atoms. The molecule has 0 aliphatic carbocycles. The van der Waals surface area contributed by atoms with Gasteiger partial charge in [0.25, 0.3) is 0 Å². The van der Waals surface area contributed by atoms with Crippen LogP contribution in [0.25, 0.3) is 21.3 Å². The van der Waals surface area contributed by atoms with Crippen molar-refractivity contribution in [2.75, 3.05) is 5.73 Å². The summed E-state index contributed by atoms with van der Waals surface area (Å²) in [5.41, 5.74) is 8.70. The summed E-state index contributed by atoms with van der Waals surface area (Å²) in [5, 5.41) is 0. The maximum atomic E-state index is 5.92. The number of nitrogens with zero attached hydrogens (tertiary/aromatic N) is 3. The van der Waals surface area contributed by atoms with Crippen molar-refractivity contribution in [1.29, 1.82) is 0 Å². The highest BCUT2D eigenvalue weighted by Crippen LogP contribution is 2.35. The third-order valence-corrected chi connectivity index (χ3v) is 4.33. The molecule has 0 fully saturated rings. The first-order valence-corrected chi connectivity index (χ1v) is 6.36. The molecule has 6 heteroatoms. The summed E-state index contributed by atoms with van der Waals surface area (Å²) >= 11 is 5.13. The van der Waals surface area contributed by atoms with Crippen molar-refractivity contribution in [2.45, 2.75) is 6.92 Å². The van der Waals surface area contributed by atoms with Crippen LogP contribution in [0.3, 0.4) is 0 Å². The molecule has 0 saturated heterocycles. The molecule has 4 nitrogen and oxygen atoms in total. The number of rotatable bonds is 0. The Balaban J connectivity index is 2.65. The Morgan fingerprint density at radius 2 is 2.19 bits per heavy atom. The second-order valence-corrected chi connectivity index (χ2v) is 6.11. The predicted octanol–water partition coefficient (Wildman–Crippen LogP) is 2.84. The molecular weight excluding hydrogens is 288 g/mol. The summed E-state index contributed by atoms with van der Waals surface area (Å²) in [6.45, 7) is 1.97. The number of nitrogens with two attached hydrogens (primary N) is 1. The highest BCUT2D eigenvalue weighted by atomic mass is 79.9. The number of pyridine rings is 1. The molecular formula is C10H9BrN4S. The van der Waals surface area contributed by atoms with Crippen molar-refractivity contribution in [3.63, 3.8) is 0 Å². The SMILES string of the molecule is Cc1nc2c(N)nc3cc(Br)sc3c2n1C. The van der Waals surface area contributed by atoms with Crippen LogP contribution in [0.15, 0.2) is 9.85 Å². The lowest BCUT2D eigenvalue weighted by atomic mass is 10.3. The smallest absolute Gasteiger partial charge is 0.152 e. The van der Waals surface area contributed by atoms with Crippen LogP contribution in [0.4, 0.5) is 5.82 Å². The zero-order chi connectivity index (χ0) is 11.4. The maximum Gasteiger partial charge on any atom is 0.152 e. The molecule has 0 radical (unpaired) electrons. The molecule has 0 aromatic carbocycles. The normalized spacial score (nSPS) is 11.7. The zero-order valence-corrected chi connectivity index (χ0v) is 11.2. The molecule has 0 unspecified atom stereocenters. The Kier molecular flexibility index (Phi) is 1.99. The fraction of sp³-hybridized carbons (Fsp3) is 0.200. The predicted molar refractivity (Wildman–Crippen MR) is 70.7 cm³/mol. The van der Waals surface area contributed by atoms with Crippen LogP contribution in [0, 0.1) is 6.92 Å². The number of halogens is 1. The molecule has 0 spiro atoms. The number of thiophene rings is 1.